The third kappa shape index (κ3) is 3.32. The van der Waals surface area contributed by atoms with Crippen molar-refractivity contribution in [2.75, 3.05) is 0 Å². The molecule has 0 amide bonds. The second-order valence-corrected chi connectivity index (χ2v) is 6.47. The Morgan fingerprint density at radius 1 is 1.14 bits per heavy atom. The zero-order valence-electron chi connectivity index (χ0n) is 15.4. The Morgan fingerprint density at radius 3 is 2.71 bits per heavy atom. The number of nitrogens with one attached hydrogen (secondary N) is 1. The summed E-state index contributed by atoms with van der Waals surface area (Å²) in [6.45, 7) is 3.39. The number of aromatic amines is 1. The van der Waals surface area contributed by atoms with Crippen molar-refractivity contribution in [3.8, 4) is 0 Å². The molecule has 1 atom stereocenters. The van der Waals surface area contributed by atoms with Gasteiger partial charge in [0.2, 0.25) is 11.7 Å². The number of carbonyl (C=O) groups is 2. The Balaban J connectivity index is 1.47. The van der Waals surface area contributed by atoms with Crippen molar-refractivity contribution >= 4 is 39.8 Å². The first-order valence-corrected chi connectivity index (χ1v) is 8.88. The summed E-state index contributed by atoms with van der Waals surface area (Å²) in [4.78, 5) is 32.4. The third-order valence-electron chi connectivity index (χ3n) is 4.47. The van der Waals surface area contributed by atoms with Gasteiger partial charge in [-0.2, -0.15) is 0 Å². The number of fused-ring (bicyclic) bond motifs is 2. The highest BCUT2D eigenvalue weighted by Gasteiger charge is 2.23. The molecule has 2 aromatic heterocycles. The molecule has 0 spiro atoms. The second kappa shape index (κ2) is 7.15. The summed E-state index contributed by atoms with van der Waals surface area (Å²) in [6.07, 6.45) is 1.71. The molecule has 0 fully saturated rings. The van der Waals surface area contributed by atoms with Crippen molar-refractivity contribution in [3.05, 3.63) is 71.8 Å². The first-order chi connectivity index (χ1) is 13.5. The van der Waals surface area contributed by atoms with Gasteiger partial charge in [0.15, 0.2) is 11.7 Å². The van der Waals surface area contributed by atoms with Crippen LogP contribution < -0.4 is 0 Å². The summed E-state index contributed by atoms with van der Waals surface area (Å²) in [7, 11) is 0. The molecule has 6 nitrogen and oxygen atoms in total. The number of Topliss-reactive ketones (excluding diaryl/α,β-unsaturated/α-hetero) is 1. The molecule has 0 aliphatic carbocycles. The fraction of sp³-hybridized carbons (Fsp3) is 0.136. The fourth-order valence-electron chi connectivity index (χ4n) is 3.17. The first-order valence-electron chi connectivity index (χ1n) is 8.88. The largest absolute Gasteiger partial charge is 0.451 e. The number of hydrogen-bond acceptors (Lipinski definition) is 5. The lowest BCUT2D eigenvalue weighted by Crippen LogP contribution is -2.24. The Labute approximate surface area is 160 Å². The number of ketones is 1. The van der Waals surface area contributed by atoms with Gasteiger partial charge in [-0.1, -0.05) is 30.3 Å². The monoisotopic (exact) mass is 374 g/mol. The number of nitrogens with zero attached hydrogens (tertiary/aromatic N) is 1. The average molecular weight is 374 g/mol. The van der Waals surface area contributed by atoms with Crippen LogP contribution in [0.5, 0.6) is 0 Å². The van der Waals surface area contributed by atoms with Gasteiger partial charge in [-0.05, 0) is 32.0 Å². The van der Waals surface area contributed by atoms with Gasteiger partial charge >= 0.3 is 5.97 Å². The number of oxazole rings is 1. The molecule has 4 aromatic rings. The van der Waals surface area contributed by atoms with E-state index in [9.17, 15) is 9.59 Å². The number of H-pyrrole nitrogens is 1. The molecule has 6 heteroatoms. The maximum Gasteiger partial charge on any atom is 0.331 e. The van der Waals surface area contributed by atoms with E-state index in [1.165, 1.54) is 12.2 Å². The molecule has 0 radical (unpaired) electrons. The lowest BCUT2D eigenvalue weighted by atomic mass is 10.0. The van der Waals surface area contributed by atoms with E-state index in [0.717, 1.165) is 16.6 Å². The standard InChI is InChI=1S/C22H18N2O4/c1-13-21(15-7-3-4-8-16(15)23-13)22(26)14(2)27-20(25)12-11-19-24-17-9-5-6-10-18(17)28-19/h3-12,14,23H,1-2H3/b12-11-/t14-/m0/s1. The number of ether oxygens (including phenoxy) is 1. The van der Waals surface area contributed by atoms with Crippen LogP contribution in [0, 0.1) is 6.92 Å². The number of rotatable bonds is 5. The van der Waals surface area contributed by atoms with Gasteiger partial charge in [-0.15, -0.1) is 0 Å². The van der Waals surface area contributed by atoms with Crippen LogP contribution in [0.15, 0.2) is 59.0 Å². The molecule has 0 aliphatic heterocycles. The zero-order chi connectivity index (χ0) is 19.7. The van der Waals surface area contributed by atoms with Gasteiger partial charge < -0.3 is 14.1 Å². The summed E-state index contributed by atoms with van der Waals surface area (Å²) < 4.78 is 10.8. The lowest BCUT2D eigenvalue weighted by Gasteiger charge is -2.11. The van der Waals surface area contributed by atoms with Crippen molar-refractivity contribution in [2.24, 2.45) is 0 Å². The Hall–Kier alpha value is -3.67. The predicted octanol–water partition coefficient (Wildman–Crippen LogP) is 4.45. The Morgan fingerprint density at radius 2 is 1.89 bits per heavy atom. The van der Waals surface area contributed by atoms with Crippen molar-refractivity contribution in [1.29, 1.82) is 0 Å². The van der Waals surface area contributed by atoms with Crippen molar-refractivity contribution in [3.63, 3.8) is 0 Å². The smallest absolute Gasteiger partial charge is 0.331 e. The van der Waals surface area contributed by atoms with Gasteiger partial charge in [-0.25, -0.2) is 9.78 Å². The molecular formula is C22H18N2O4. The molecule has 0 aliphatic rings. The van der Waals surface area contributed by atoms with Crippen molar-refractivity contribution < 1.29 is 18.7 Å². The predicted molar refractivity (Wildman–Crippen MR) is 106 cm³/mol. The van der Waals surface area contributed by atoms with E-state index in [0.29, 0.717) is 22.6 Å². The summed E-state index contributed by atoms with van der Waals surface area (Å²) in [5, 5.41) is 0.815. The normalized spacial score (nSPS) is 12.6. The van der Waals surface area contributed by atoms with Gasteiger partial charge in [-0.3, -0.25) is 4.79 Å². The number of benzene rings is 2. The van der Waals surface area contributed by atoms with E-state index < -0.39 is 12.1 Å². The minimum Gasteiger partial charge on any atom is -0.451 e. The van der Waals surface area contributed by atoms with E-state index in [4.69, 9.17) is 9.15 Å². The molecule has 140 valence electrons. The molecule has 0 unspecified atom stereocenters. The zero-order valence-corrected chi connectivity index (χ0v) is 15.4. The summed E-state index contributed by atoms with van der Waals surface area (Å²) in [6, 6.07) is 14.8. The van der Waals surface area contributed by atoms with Gasteiger partial charge in [0.05, 0.1) is 0 Å². The summed E-state index contributed by atoms with van der Waals surface area (Å²) in [5.74, 6) is -0.594. The van der Waals surface area contributed by atoms with Gasteiger partial charge in [0, 0.05) is 34.3 Å². The first kappa shape index (κ1) is 17.7. The number of para-hydroxylation sites is 3. The number of esters is 1. The quantitative estimate of drug-likeness (QED) is 0.317. The SMILES string of the molecule is Cc1[nH]c2ccccc2c1C(=O)[C@H](C)OC(=O)/C=C\c1nc2ccccc2o1. The van der Waals surface area contributed by atoms with Crippen LogP contribution in [0.1, 0.15) is 28.9 Å². The van der Waals surface area contributed by atoms with Gasteiger partial charge in [0.25, 0.3) is 0 Å². The van der Waals surface area contributed by atoms with Crippen LogP contribution in [-0.2, 0) is 9.53 Å². The topological polar surface area (TPSA) is 85.2 Å². The number of aromatic nitrogens is 2. The highest BCUT2D eigenvalue weighted by atomic mass is 16.5. The highest BCUT2D eigenvalue weighted by molar-refractivity contribution is 6.11. The molecule has 28 heavy (non-hydrogen) atoms. The van der Waals surface area contributed by atoms with Gasteiger partial charge in [0.1, 0.15) is 5.52 Å². The van der Waals surface area contributed by atoms with Crippen LogP contribution >= 0.6 is 0 Å². The molecule has 2 heterocycles. The van der Waals surface area contributed by atoms with Crippen LogP contribution in [0.4, 0.5) is 0 Å². The lowest BCUT2D eigenvalue weighted by molar-refractivity contribution is -0.140. The summed E-state index contributed by atoms with van der Waals surface area (Å²) >= 11 is 0. The minimum atomic E-state index is -0.918. The molecule has 0 saturated heterocycles. The van der Waals surface area contributed by atoms with E-state index in [1.54, 1.807) is 13.0 Å². The maximum atomic E-state index is 12.8. The summed E-state index contributed by atoms with van der Waals surface area (Å²) in [5.41, 5.74) is 3.50. The van der Waals surface area contributed by atoms with E-state index in [1.807, 2.05) is 49.4 Å². The van der Waals surface area contributed by atoms with E-state index >= 15 is 0 Å². The van der Waals surface area contributed by atoms with Crippen LogP contribution in [0.3, 0.4) is 0 Å². The maximum absolute atomic E-state index is 12.8. The Bertz CT molecular complexity index is 1180. The second-order valence-electron chi connectivity index (χ2n) is 6.47. The third-order valence-corrected chi connectivity index (χ3v) is 4.47. The van der Waals surface area contributed by atoms with Crippen LogP contribution in [0.25, 0.3) is 28.1 Å². The fourth-order valence-corrected chi connectivity index (χ4v) is 3.17. The molecule has 0 bridgehead atoms. The molecule has 4 rings (SSSR count). The minimum absolute atomic E-state index is 0.251. The molecule has 1 N–H and O–H groups in total. The van der Waals surface area contributed by atoms with Crippen molar-refractivity contribution in [1.82, 2.24) is 9.97 Å². The Kier molecular flexibility index (Phi) is 4.53. The average Bonchev–Trinajstić information content (AvgIpc) is 3.25. The van der Waals surface area contributed by atoms with E-state index in [2.05, 4.69) is 9.97 Å². The number of carbonyl (C=O) groups excluding carboxylic acids is 2. The molecular weight excluding hydrogens is 356 g/mol. The van der Waals surface area contributed by atoms with Crippen molar-refractivity contribution in [2.45, 2.75) is 20.0 Å². The highest BCUT2D eigenvalue weighted by Crippen LogP contribution is 2.24. The van der Waals surface area contributed by atoms with Crippen LogP contribution in [-0.4, -0.2) is 27.8 Å². The van der Waals surface area contributed by atoms with E-state index in [-0.39, 0.29) is 5.78 Å². The van der Waals surface area contributed by atoms with Crippen LogP contribution in [0.2, 0.25) is 0 Å². The molecule has 2 aromatic carbocycles. The number of aryl methyl sites for hydroxylation is 1. The molecule has 0 saturated carbocycles. The number of hydrogen-bond donors (Lipinski definition) is 1.